The first-order valence-corrected chi connectivity index (χ1v) is 7.14. The lowest BCUT2D eigenvalue weighted by Gasteiger charge is -2.09. The second kappa shape index (κ2) is 7.44. The van der Waals surface area contributed by atoms with Crippen molar-refractivity contribution in [2.75, 3.05) is 0 Å². The van der Waals surface area contributed by atoms with Crippen molar-refractivity contribution in [2.24, 2.45) is 0 Å². The van der Waals surface area contributed by atoms with Gasteiger partial charge in [-0.05, 0) is 42.5 Å². The van der Waals surface area contributed by atoms with Crippen molar-refractivity contribution >= 4 is 5.97 Å². The summed E-state index contributed by atoms with van der Waals surface area (Å²) in [6.45, 7) is 5.68. The smallest absolute Gasteiger partial charge is 0.311 e. The summed E-state index contributed by atoms with van der Waals surface area (Å²) in [5.41, 5.74) is 3.29. The third-order valence-corrected chi connectivity index (χ3v) is 3.30. The van der Waals surface area contributed by atoms with E-state index in [9.17, 15) is 4.79 Å². The highest BCUT2D eigenvalue weighted by atomic mass is 16.5. The van der Waals surface area contributed by atoms with E-state index in [4.69, 9.17) is 4.74 Å². The molecule has 0 heterocycles. The molecule has 0 amide bonds. The van der Waals surface area contributed by atoms with Gasteiger partial charge in [0, 0.05) is 6.42 Å². The lowest BCUT2D eigenvalue weighted by molar-refractivity contribution is -0.134. The molecule has 0 N–H and O–H groups in total. The Morgan fingerprint density at radius 2 is 1.90 bits per heavy atom. The van der Waals surface area contributed by atoms with E-state index in [1.54, 1.807) is 0 Å². The zero-order chi connectivity index (χ0) is 15.1. The Hall–Kier alpha value is -2.35. The SMILES string of the molecule is C=CCc1ccc(OC(=O)CCc2ccccc2)c(C)c1. The molecule has 0 radical (unpaired) electrons. The molecular formula is C19H20O2. The molecule has 0 aliphatic carbocycles. The van der Waals surface area contributed by atoms with Gasteiger partial charge in [0.05, 0.1) is 0 Å². The molecule has 0 bridgehead atoms. The molecule has 2 aromatic carbocycles. The number of hydrogen-bond donors (Lipinski definition) is 0. The van der Waals surface area contributed by atoms with Crippen LogP contribution >= 0.6 is 0 Å². The van der Waals surface area contributed by atoms with E-state index in [1.165, 1.54) is 5.56 Å². The predicted octanol–water partition coefficient (Wildman–Crippen LogP) is 4.26. The first kappa shape index (κ1) is 15.0. The molecule has 0 aliphatic heterocycles. The molecule has 0 fully saturated rings. The van der Waals surface area contributed by atoms with Gasteiger partial charge in [-0.3, -0.25) is 4.79 Å². The summed E-state index contributed by atoms with van der Waals surface area (Å²) in [5.74, 6) is 0.444. The maximum Gasteiger partial charge on any atom is 0.311 e. The first-order chi connectivity index (χ1) is 10.2. The molecule has 2 aromatic rings. The molecular weight excluding hydrogens is 260 g/mol. The Labute approximate surface area is 126 Å². The number of allylic oxidation sites excluding steroid dienone is 1. The summed E-state index contributed by atoms with van der Waals surface area (Å²) in [6, 6.07) is 15.8. The van der Waals surface area contributed by atoms with E-state index in [-0.39, 0.29) is 5.97 Å². The lowest BCUT2D eigenvalue weighted by atomic mass is 10.1. The van der Waals surface area contributed by atoms with Crippen LogP contribution in [-0.2, 0) is 17.6 Å². The molecule has 0 aromatic heterocycles. The van der Waals surface area contributed by atoms with Gasteiger partial charge in [0.15, 0.2) is 0 Å². The normalized spacial score (nSPS) is 10.1. The molecule has 2 nitrogen and oxygen atoms in total. The van der Waals surface area contributed by atoms with Crippen LogP contribution in [-0.4, -0.2) is 5.97 Å². The van der Waals surface area contributed by atoms with Gasteiger partial charge in [0.25, 0.3) is 0 Å². The number of esters is 1. The number of benzene rings is 2. The van der Waals surface area contributed by atoms with Crippen LogP contribution in [0.1, 0.15) is 23.1 Å². The maximum atomic E-state index is 11.9. The monoisotopic (exact) mass is 280 g/mol. The molecule has 2 heteroatoms. The van der Waals surface area contributed by atoms with Crippen LogP contribution in [0.25, 0.3) is 0 Å². The van der Waals surface area contributed by atoms with Crippen molar-refractivity contribution in [2.45, 2.75) is 26.2 Å². The summed E-state index contributed by atoms with van der Waals surface area (Å²) in [4.78, 5) is 11.9. The van der Waals surface area contributed by atoms with Gasteiger partial charge >= 0.3 is 5.97 Å². The van der Waals surface area contributed by atoms with Crippen LogP contribution in [0, 0.1) is 6.92 Å². The fraction of sp³-hybridized carbons (Fsp3) is 0.211. The van der Waals surface area contributed by atoms with Crippen LogP contribution in [0.15, 0.2) is 61.2 Å². The Morgan fingerprint density at radius 1 is 1.14 bits per heavy atom. The largest absolute Gasteiger partial charge is 0.426 e. The van der Waals surface area contributed by atoms with Gasteiger partial charge < -0.3 is 4.74 Å². The zero-order valence-corrected chi connectivity index (χ0v) is 12.3. The quantitative estimate of drug-likeness (QED) is 0.449. The molecule has 0 spiro atoms. The second-order valence-electron chi connectivity index (χ2n) is 5.05. The van der Waals surface area contributed by atoms with E-state index >= 15 is 0 Å². The number of carbonyl (C=O) groups is 1. The molecule has 0 saturated heterocycles. The van der Waals surface area contributed by atoms with Gasteiger partial charge in [-0.15, -0.1) is 6.58 Å². The van der Waals surface area contributed by atoms with Gasteiger partial charge in [-0.2, -0.15) is 0 Å². The number of rotatable bonds is 6. The fourth-order valence-corrected chi connectivity index (χ4v) is 2.18. The third-order valence-electron chi connectivity index (χ3n) is 3.30. The van der Waals surface area contributed by atoms with Crippen molar-refractivity contribution in [1.82, 2.24) is 0 Å². The molecule has 2 rings (SSSR count). The Bertz CT molecular complexity index is 615. The Kier molecular flexibility index (Phi) is 5.33. The topological polar surface area (TPSA) is 26.3 Å². The van der Waals surface area contributed by atoms with Crippen molar-refractivity contribution in [3.05, 3.63) is 77.9 Å². The third kappa shape index (κ3) is 4.60. The maximum absolute atomic E-state index is 11.9. The highest BCUT2D eigenvalue weighted by Gasteiger charge is 2.08. The average Bonchev–Trinajstić information content (AvgIpc) is 2.49. The van der Waals surface area contributed by atoms with Gasteiger partial charge in [-0.1, -0.05) is 48.5 Å². The molecule has 108 valence electrons. The fourth-order valence-electron chi connectivity index (χ4n) is 2.18. The van der Waals surface area contributed by atoms with Crippen molar-refractivity contribution in [3.63, 3.8) is 0 Å². The van der Waals surface area contributed by atoms with Gasteiger partial charge in [0.1, 0.15) is 5.75 Å². The molecule has 0 aliphatic rings. The van der Waals surface area contributed by atoms with E-state index in [0.717, 1.165) is 17.5 Å². The van der Waals surface area contributed by atoms with Crippen molar-refractivity contribution in [1.29, 1.82) is 0 Å². The molecule has 0 atom stereocenters. The van der Waals surface area contributed by atoms with E-state index in [1.807, 2.05) is 61.5 Å². The van der Waals surface area contributed by atoms with Gasteiger partial charge in [0.2, 0.25) is 0 Å². The van der Waals surface area contributed by atoms with Crippen molar-refractivity contribution in [3.8, 4) is 5.75 Å². The highest BCUT2D eigenvalue weighted by Crippen LogP contribution is 2.20. The number of hydrogen-bond acceptors (Lipinski definition) is 2. The Balaban J connectivity index is 1.92. The standard InChI is InChI=1S/C19H20O2/c1-3-7-17-10-12-18(15(2)14-17)21-19(20)13-11-16-8-5-4-6-9-16/h3-6,8-10,12,14H,1,7,11,13H2,2H3. The number of ether oxygens (including phenoxy) is 1. The van der Waals surface area contributed by atoms with Crippen LogP contribution in [0.5, 0.6) is 5.75 Å². The zero-order valence-electron chi connectivity index (χ0n) is 12.3. The van der Waals surface area contributed by atoms with Crippen LogP contribution < -0.4 is 4.74 Å². The minimum Gasteiger partial charge on any atom is -0.426 e. The van der Waals surface area contributed by atoms with Crippen LogP contribution in [0.4, 0.5) is 0 Å². The van der Waals surface area contributed by atoms with Gasteiger partial charge in [-0.25, -0.2) is 0 Å². The van der Waals surface area contributed by atoms with Crippen LogP contribution in [0.2, 0.25) is 0 Å². The first-order valence-electron chi connectivity index (χ1n) is 7.14. The van der Waals surface area contributed by atoms with E-state index < -0.39 is 0 Å². The predicted molar refractivity (Wildman–Crippen MR) is 85.5 cm³/mol. The minimum atomic E-state index is -0.196. The average molecular weight is 280 g/mol. The Morgan fingerprint density at radius 3 is 2.57 bits per heavy atom. The second-order valence-corrected chi connectivity index (χ2v) is 5.05. The van der Waals surface area contributed by atoms with E-state index in [0.29, 0.717) is 18.6 Å². The summed E-state index contributed by atoms with van der Waals surface area (Å²) in [5, 5.41) is 0. The van der Waals surface area contributed by atoms with E-state index in [2.05, 4.69) is 6.58 Å². The highest BCUT2D eigenvalue weighted by molar-refractivity contribution is 5.73. The number of carbonyl (C=O) groups excluding carboxylic acids is 1. The summed E-state index contributed by atoms with van der Waals surface area (Å²) >= 11 is 0. The molecule has 0 saturated carbocycles. The minimum absolute atomic E-state index is 0.196. The summed E-state index contributed by atoms with van der Waals surface area (Å²) in [6.07, 6.45) is 3.77. The van der Waals surface area contributed by atoms with Crippen LogP contribution in [0.3, 0.4) is 0 Å². The summed E-state index contributed by atoms with van der Waals surface area (Å²) < 4.78 is 5.44. The lowest BCUT2D eigenvalue weighted by Crippen LogP contribution is -2.10. The summed E-state index contributed by atoms with van der Waals surface area (Å²) in [7, 11) is 0. The molecule has 21 heavy (non-hydrogen) atoms. The molecule has 0 unspecified atom stereocenters. The number of aryl methyl sites for hydroxylation is 2. The van der Waals surface area contributed by atoms with Crippen molar-refractivity contribution < 1.29 is 9.53 Å².